The van der Waals surface area contributed by atoms with Crippen LogP contribution in [0.1, 0.15) is 0 Å². The van der Waals surface area contributed by atoms with E-state index in [4.69, 9.17) is 4.42 Å². The number of hydrogen-bond donors (Lipinski definition) is 0. The third kappa shape index (κ3) is 5.38. The van der Waals surface area contributed by atoms with Crippen LogP contribution in [-0.4, -0.2) is 4.57 Å². The van der Waals surface area contributed by atoms with Crippen molar-refractivity contribution in [2.24, 2.45) is 0 Å². The molecule has 0 spiro atoms. The van der Waals surface area contributed by atoms with Gasteiger partial charge in [0.25, 0.3) is 0 Å². The molecule has 0 atom stereocenters. The minimum absolute atomic E-state index is 0.904. The van der Waals surface area contributed by atoms with Crippen LogP contribution in [0.3, 0.4) is 0 Å². The normalized spacial score (nSPS) is 11.4. The number of anilines is 3. The molecular weight excluding hydrogens is 645 g/mol. The van der Waals surface area contributed by atoms with Gasteiger partial charge in [0.1, 0.15) is 11.1 Å². The minimum Gasteiger partial charge on any atom is -0.454 e. The van der Waals surface area contributed by atoms with E-state index in [-0.39, 0.29) is 0 Å². The Bertz CT molecular complexity index is 2840. The van der Waals surface area contributed by atoms with Crippen LogP contribution in [0.25, 0.3) is 72.0 Å². The molecule has 3 nitrogen and oxygen atoms in total. The van der Waals surface area contributed by atoms with Gasteiger partial charge < -0.3 is 13.9 Å². The number of nitrogens with zero attached hydrogens (tertiary/aromatic N) is 2. The SMILES string of the molecule is c1ccc(-c2ccc(N(c3ccc(-c4ccc(-n5c6ccccc6c6oc7ccccc7c65)cc4)cc3)c3ccccc3-c3ccccc3)cc2)cc1. The van der Waals surface area contributed by atoms with E-state index >= 15 is 0 Å². The number of fused-ring (bicyclic) bond motifs is 5. The lowest BCUT2D eigenvalue weighted by atomic mass is 10.0. The van der Waals surface area contributed by atoms with E-state index in [1.807, 2.05) is 12.1 Å². The third-order valence-electron chi connectivity index (χ3n) is 10.2. The van der Waals surface area contributed by atoms with E-state index in [1.165, 1.54) is 22.3 Å². The molecule has 3 heteroatoms. The smallest absolute Gasteiger partial charge is 0.161 e. The summed E-state index contributed by atoms with van der Waals surface area (Å²) in [6.45, 7) is 0. The van der Waals surface area contributed by atoms with E-state index in [9.17, 15) is 0 Å². The van der Waals surface area contributed by atoms with Gasteiger partial charge in [-0.05, 0) is 94.5 Å². The Morgan fingerprint density at radius 2 is 0.868 bits per heavy atom. The topological polar surface area (TPSA) is 21.3 Å². The van der Waals surface area contributed by atoms with Gasteiger partial charge in [0, 0.05) is 33.4 Å². The van der Waals surface area contributed by atoms with Gasteiger partial charge in [-0.15, -0.1) is 0 Å². The Morgan fingerprint density at radius 3 is 1.53 bits per heavy atom. The van der Waals surface area contributed by atoms with Gasteiger partial charge >= 0.3 is 0 Å². The number of hydrogen-bond acceptors (Lipinski definition) is 2. The van der Waals surface area contributed by atoms with Crippen molar-refractivity contribution < 1.29 is 4.42 Å². The summed E-state index contributed by atoms with van der Waals surface area (Å²) in [5, 5.41) is 2.23. The molecule has 0 saturated carbocycles. The largest absolute Gasteiger partial charge is 0.454 e. The molecule has 0 aliphatic rings. The highest BCUT2D eigenvalue weighted by molar-refractivity contribution is 6.16. The summed E-state index contributed by atoms with van der Waals surface area (Å²) in [6.07, 6.45) is 0. The average Bonchev–Trinajstić information content (AvgIpc) is 3.77. The van der Waals surface area contributed by atoms with E-state index < -0.39 is 0 Å². The first-order chi connectivity index (χ1) is 26.3. The van der Waals surface area contributed by atoms with Crippen LogP contribution < -0.4 is 4.90 Å². The molecular formula is C50H34N2O. The van der Waals surface area contributed by atoms with Crippen LogP contribution in [0.2, 0.25) is 0 Å². The number of para-hydroxylation sites is 3. The highest BCUT2D eigenvalue weighted by Gasteiger charge is 2.20. The summed E-state index contributed by atoms with van der Waals surface area (Å²) >= 11 is 0. The zero-order chi connectivity index (χ0) is 35.1. The average molecular weight is 679 g/mol. The summed E-state index contributed by atoms with van der Waals surface area (Å²) in [5.41, 5.74) is 15.6. The predicted molar refractivity (Wildman–Crippen MR) is 222 cm³/mol. The Morgan fingerprint density at radius 1 is 0.377 bits per heavy atom. The van der Waals surface area contributed by atoms with Crippen LogP contribution in [0, 0.1) is 0 Å². The quantitative estimate of drug-likeness (QED) is 0.167. The van der Waals surface area contributed by atoms with Gasteiger partial charge in [-0.1, -0.05) is 140 Å². The lowest BCUT2D eigenvalue weighted by Crippen LogP contribution is -2.11. The van der Waals surface area contributed by atoms with Crippen LogP contribution in [-0.2, 0) is 0 Å². The van der Waals surface area contributed by atoms with Gasteiger partial charge in [-0.2, -0.15) is 0 Å². The predicted octanol–water partition coefficient (Wildman–Crippen LogP) is 14.0. The Hall–Kier alpha value is -7.10. The van der Waals surface area contributed by atoms with Gasteiger partial charge in [-0.25, -0.2) is 0 Å². The van der Waals surface area contributed by atoms with E-state index in [1.54, 1.807) is 0 Å². The molecule has 0 radical (unpaired) electrons. The standard InChI is InChI=1S/C50H34N2O/c1-3-13-35(14-4-1)36-23-29-40(30-24-36)51(46-20-10-7-17-43(46)39-15-5-2-6-16-39)41-31-25-37(26-32-41)38-27-33-42(34-28-38)52-47-21-11-8-18-44(47)50-49(52)45-19-9-12-22-48(45)53-50/h1-34H. The second-order valence-electron chi connectivity index (χ2n) is 13.4. The van der Waals surface area contributed by atoms with E-state index in [0.717, 1.165) is 66.8 Å². The number of benzene rings is 8. The fourth-order valence-corrected chi connectivity index (χ4v) is 7.68. The number of aromatic nitrogens is 1. The highest BCUT2D eigenvalue weighted by Crippen LogP contribution is 2.42. The van der Waals surface area contributed by atoms with Crippen LogP contribution in [0.5, 0.6) is 0 Å². The lowest BCUT2D eigenvalue weighted by Gasteiger charge is -2.28. The van der Waals surface area contributed by atoms with Crippen LogP contribution >= 0.6 is 0 Å². The molecule has 2 heterocycles. The first-order valence-corrected chi connectivity index (χ1v) is 18.0. The minimum atomic E-state index is 0.904. The molecule has 0 bridgehead atoms. The number of furan rings is 1. The van der Waals surface area contributed by atoms with Crippen molar-refractivity contribution in [3.05, 3.63) is 206 Å². The van der Waals surface area contributed by atoms with Gasteiger partial charge in [0.05, 0.1) is 11.2 Å². The Kier molecular flexibility index (Phi) is 7.47. The Balaban J connectivity index is 1.03. The first-order valence-electron chi connectivity index (χ1n) is 18.0. The van der Waals surface area contributed by atoms with Crippen molar-refractivity contribution in [3.63, 3.8) is 0 Å². The second-order valence-corrected chi connectivity index (χ2v) is 13.4. The monoisotopic (exact) mass is 678 g/mol. The highest BCUT2D eigenvalue weighted by atomic mass is 16.3. The molecule has 10 rings (SSSR count). The fraction of sp³-hybridized carbons (Fsp3) is 0. The molecule has 8 aromatic carbocycles. The van der Waals surface area contributed by atoms with Gasteiger partial charge in [0.2, 0.25) is 0 Å². The van der Waals surface area contributed by atoms with Gasteiger partial charge in [-0.3, -0.25) is 0 Å². The molecule has 0 amide bonds. The number of rotatable bonds is 7. The summed E-state index contributed by atoms with van der Waals surface area (Å²) in [6, 6.07) is 73.3. The summed E-state index contributed by atoms with van der Waals surface area (Å²) in [5.74, 6) is 0. The summed E-state index contributed by atoms with van der Waals surface area (Å²) < 4.78 is 8.72. The maximum Gasteiger partial charge on any atom is 0.161 e. The van der Waals surface area contributed by atoms with Crippen molar-refractivity contribution in [1.29, 1.82) is 0 Å². The summed E-state index contributed by atoms with van der Waals surface area (Å²) in [4.78, 5) is 2.36. The van der Waals surface area contributed by atoms with Crippen LogP contribution in [0.4, 0.5) is 17.1 Å². The zero-order valence-corrected chi connectivity index (χ0v) is 28.9. The molecule has 0 N–H and O–H groups in total. The first kappa shape index (κ1) is 30.7. The van der Waals surface area contributed by atoms with E-state index in [0.29, 0.717) is 0 Å². The fourth-order valence-electron chi connectivity index (χ4n) is 7.68. The molecule has 0 fully saturated rings. The van der Waals surface area contributed by atoms with Crippen molar-refractivity contribution in [3.8, 4) is 39.1 Å². The van der Waals surface area contributed by atoms with Crippen molar-refractivity contribution >= 4 is 50.0 Å². The summed E-state index contributed by atoms with van der Waals surface area (Å²) in [7, 11) is 0. The van der Waals surface area contributed by atoms with Crippen molar-refractivity contribution in [2.45, 2.75) is 0 Å². The molecule has 53 heavy (non-hydrogen) atoms. The molecule has 10 aromatic rings. The maximum absolute atomic E-state index is 6.39. The van der Waals surface area contributed by atoms with Gasteiger partial charge in [0.15, 0.2) is 5.58 Å². The molecule has 0 aliphatic heterocycles. The molecule has 2 aromatic heterocycles. The maximum atomic E-state index is 6.39. The van der Waals surface area contributed by atoms with Crippen molar-refractivity contribution in [2.75, 3.05) is 4.90 Å². The third-order valence-corrected chi connectivity index (χ3v) is 10.2. The zero-order valence-electron chi connectivity index (χ0n) is 28.9. The Labute approximate surface area is 308 Å². The van der Waals surface area contributed by atoms with Crippen LogP contribution in [0.15, 0.2) is 211 Å². The molecule has 250 valence electrons. The van der Waals surface area contributed by atoms with Crippen molar-refractivity contribution in [1.82, 2.24) is 4.57 Å². The molecule has 0 aliphatic carbocycles. The molecule has 0 unspecified atom stereocenters. The second kappa shape index (κ2) is 12.9. The van der Waals surface area contributed by atoms with E-state index in [2.05, 4.69) is 204 Å². The molecule has 0 saturated heterocycles. The lowest BCUT2D eigenvalue weighted by molar-refractivity contribution is 0.673.